The minimum atomic E-state index is -0.398. The van der Waals surface area contributed by atoms with Crippen LogP contribution in [-0.2, 0) is 16.1 Å². The third-order valence-corrected chi connectivity index (χ3v) is 5.13. The van der Waals surface area contributed by atoms with E-state index >= 15 is 0 Å². The van der Waals surface area contributed by atoms with Crippen molar-refractivity contribution in [3.63, 3.8) is 0 Å². The van der Waals surface area contributed by atoms with E-state index in [1.165, 1.54) is 12.4 Å². The third-order valence-electron chi connectivity index (χ3n) is 4.85. The number of hydrogen-bond acceptors (Lipinski definition) is 7. The molecular formula is C18H18ClN5O4. The topological polar surface area (TPSA) is 105 Å². The van der Waals surface area contributed by atoms with Crippen LogP contribution in [0.2, 0.25) is 5.15 Å². The summed E-state index contributed by atoms with van der Waals surface area (Å²) in [6, 6.07) is 6.58. The molecule has 3 atom stereocenters. The predicted octanol–water partition coefficient (Wildman–Crippen LogP) is 3.67. The van der Waals surface area contributed by atoms with Crippen LogP contribution in [0.5, 0.6) is 0 Å². The maximum atomic E-state index is 11.2. The number of imidazole rings is 1. The van der Waals surface area contributed by atoms with Gasteiger partial charge in [-0.3, -0.25) is 14.7 Å². The normalized spacial score (nSPS) is 22.0. The molecule has 1 aromatic carbocycles. The number of hydrogen-bond donors (Lipinski definition) is 0. The Balaban J connectivity index is 1.52. The lowest BCUT2D eigenvalue weighted by molar-refractivity contribution is -0.386. The number of fused-ring (bicyclic) bond motifs is 1. The molecule has 28 heavy (non-hydrogen) atoms. The van der Waals surface area contributed by atoms with E-state index in [9.17, 15) is 10.1 Å². The van der Waals surface area contributed by atoms with E-state index in [4.69, 9.17) is 21.1 Å². The number of benzene rings is 1. The van der Waals surface area contributed by atoms with E-state index in [1.54, 1.807) is 24.5 Å². The minimum Gasteiger partial charge on any atom is -0.370 e. The van der Waals surface area contributed by atoms with E-state index < -0.39 is 4.92 Å². The van der Waals surface area contributed by atoms with Crippen molar-refractivity contribution in [1.29, 1.82) is 0 Å². The van der Waals surface area contributed by atoms with Crippen LogP contribution < -0.4 is 0 Å². The SMILES string of the molecule is CCC1O[C@@H](n2cnc3c(Cl)ncnc32)C[C@H]1OCc1ccccc1[N+](=O)[O-]. The molecule has 146 valence electrons. The first-order valence-corrected chi connectivity index (χ1v) is 9.28. The largest absolute Gasteiger partial charge is 0.370 e. The van der Waals surface area contributed by atoms with Gasteiger partial charge in [0.15, 0.2) is 10.8 Å². The summed E-state index contributed by atoms with van der Waals surface area (Å²) in [6.07, 6.45) is 3.70. The van der Waals surface area contributed by atoms with Gasteiger partial charge in [-0.15, -0.1) is 0 Å². The molecule has 2 aromatic heterocycles. The number of halogens is 1. The van der Waals surface area contributed by atoms with Crippen LogP contribution in [0.3, 0.4) is 0 Å². The quantitative estimate of drug-likeness (QED) is 0.351. The number of aromatic nitrogens is 4. The maximum Gasteiger partial charge on any atom is 0.274 e. The molecule has 10 heteroatoms. The van der Waals surface area contributed by atoms with Crippen molar-refractivity contribution in [2.75, 3.05) is 0 Å². The third kappa shape index (κ3) is 3.44. The molecule has 1 unspecified atom stereocenters. The highest BCUT2D eigenvalue weighted by atomic mass is 35.5. The lowest BCUT2D eigenvalue weighted by atomic mass is 10.1. The van der Waals surface area contributed by atoms with Crippen molar-refractivity contribution in [2.24, 2.45) is 0 Å². The molecule has 1 aliphatic heterocycles. The highest BCUT2D eigenvalue weighted by Crippen LogP contribution is 2.35. The smallest absolute Gasteiger partial charge is 0.274 e. The Bertz CT molecular complexity index is 1010. The molecule has 0 saturated carbocycles. The number of rotatable bonds is 6. The van der Waals surface area contributed by atoms with Crippen molar-refractivity contribution in [1.82, 2.24) is 19.5 Å². The zero-order chi connectivity index (χ0) is 19.7. The van der Waals surface area contributed by atoms with Crippen LogP contribution in [-0.4, -0.2) is 36.7 Å². The molecule has 9 nitrogen and oxygen atoms in total. The van der Waals surface area contributed by atoms with E-state index in [0.717, 1.165) is 6.42 Å². The Morgan fingerprint density at radius 3 is 2.96 bits per heavy atom. The van der Waals surface area contributed by atoms with Gasteiger partial charge in [0.2, 0.25) is 0 Å². The van der Waals surface area contributed by atoms with Crippen LogP contribution in [0.25, 0.3) is 11.2 Å². The van der Waals surface area contributed by atoms with Gasteiger partial charge in [0.25, 0.3) is 5.69 Å². The van der Waals surface area contributed by atoms with Gasteiger partial charge in [-0.2, -0.15) is 0 Å². The molecule has 3 aromatic rings. The van der Waals surface area contributed by atoms with Crippen molar-refractivity contribution in [3.05, 3.63) is 57.8 Å². The molecule has 1 saturated heterocycles. The Hall–Kier alpha value is -2.62. The summed E-state index contributed by atoms with van der Waals surface area (Å²) in [5, 5.41) is 11.5. The summed E-state index contributed by atoms with van der Waals surface area (Å²) < 4.78 is 14.0. The summed E-state index contributed by atoms with van der Waals surface area (Å²) in [4.78, 5) is 23.3. The molecule has 0 radical (unpaired) electrons. The molecule has 0 N–H and O–H groups in total. The fraction of sp³-hybridized carbons (Fsp3) is 0.389. The highest BCUT2D eigenvalue weighted by molar-refractivity contribution is 6.33. The second kappa shape index (κ2) is 7.78. The standard InChI is InChI=1S/C18H18ClN5O4/c1-2-13-14(27-8-11-5-3-4-6-12(11)24(25)26)7-15(28-13)23-10-22-16-17(19)20-9-21-18(16)23/h3-6,9-10,13-15H,2,7-8H2,1H3/t13?,14-,15-/m1/s1. The van der Waals surface area contributed by atoms with Gasteiger partial charge in [-0.05, 0) is 12.5 Å². The van der Waals surface area contributed by atoms with Crippen molar-refractivity contribution < 1.29 is 14.4 Å². The second-order valence-corrected chi connectivity index (χ2v) is 6.85. The second-order valence-electron chi connectivity index (χ2n) is 6.50. The molecule has 1 fully saturated rings. The number of para-hydroxylation sites is 1. The van der Waals surface area contributed by atoms with Gasteiger partial charge in [0, 0.05) is 12.5 Å². The zero-order valence-electron chi connectivity index (χ0n) is 15.1. The van der Waals surface area contributed by atoms with Crippen LogP contribution >= 0.6 is 11.6 Å². The van der Waals surface area contributed by atoms with E-state index in [0.29, 0.717) is 23.1 Å². The number of nitro groups is 1. The average Bonchev–Trinajstić information content (AvgIpc) is 3.31. The van der Waals surface area contributed by atoms with Crippen molar-refractivity contribution in [2.45, 2.75) is 44.8 Å². The molecule has 1 aliphatic rings. The lowest BCUT2D eigenvalue weighted by Crippen LogP contribution is -2.23. The first-order chi connectivity index (χ1) is 13.6. The summed E-state index contributed by atoms with van der Waals surface area (Å²) in [5.41, 5.74) is 1.71. The number of ether oxygens (including phenoxy) is 2. The average molecular weight is 404 g/mol. The zero-order valence-corrected chi connectivity index (χ0v) is 15.8. The van der Waals surface area contributed by atoms with Crippen LogP contribution in [0, 0.1) is 10.1 Å². The first kappa shape index (κ1) is 18.7. The molecule has 3 heterocycles. The Morgan fingerprint density at radius 1 is 1.36 bits per heavy atom. The van der Waals surface area contributed by atoms with Crippen LogP contribution in [0.15, 0.2) is 36.9 Å². The minimum absolute atomic E-state index is 0.0537. The summed E-state index contributed by atoms with van der Waals surface area (Å²) in [5.74, 6) is 0. The van der Waals surface area contributed by atoms with Crippen LogP contribution in [0.1, 0.15) is 31.6 Å². The molecular weight excluding hydrogens is 386 g/mol. The van der Waals surface area contributed by atoms with E-state index in [2.05, 4.69) is 15.0 Å². The summed E-state index contributed by atoms with van der Waals surface area (Å²) >= 11 is 6.07. The van der Waals surface area contributed by atoms with E-state index in [1.807, 2.05) is 11.5 Å². The van der Waals surface area contributed by atoms with Crippen LogP contribution in [0.4, 0.5) is 5.69 Å². The number of nitro benzene ring substituents is 1. The molecule has 0 spiro atoms. The predicted molar refractivity (Wildman–Crippen MR) is 101 cm³/mol. The Kier molecular flexibility index (Phi) is 5.21. The summed E-state index contributed by atoms with van der Waals surface area (Å²) in [7, 11) is 0. The molecule has 0 aliphatic carbocycles. The first-order valence-electron chi connectivity index (χ1n) is 8.91. The van der Waals surface area contributed by atoms with Gasteiger partial charge in [0.05, 0.1) is 35.6 Å². The van der Waals surface area contributed by atoms with E-state index in [-0.39, 0.29) is 35.9 Å². The molecule has 4 rings (SSSR count). The van der Waals surface area contributed by atoms with Gasteiger partial charge < -0.3 is 9.47 Å². The van der Waals surface area contributed by atoms with Gasteiger partial charge in [-0.1, -0.05) is 30.7 Å². The Morgan fingerprint density at radius 2 is 2.18 bits per heavy atom. The fourth-order valence-corrected chi connectivity index (χ4v) is 3.63. The number of nitrogens with zero attached hydrogens (tertiary/aromatic N) is 5. The Labute approximate surface area is 165 Å². The highest BCUT2D eigenvalue weighted by Gasteiger charge is 2.37. The summed E-state index contributed by atoms with van der Waals surface area (Å²) in [6.45, 7) is 2.16. The van der Waals surface area contributed by atoms with Crippen molar-refractivity contribution in [3.8, 4) is 0 Å². The lowest BCUT2D eigenvalue weighted by Gasteiger charge is -2.17. The fourth-order valence-electron chi connectivity index (χ4n) is 3.45. The monoisotopic (exact) mass is 403 g/mol. The van der Waals surface area contributed by atoms with Gasteiger partial charge in [-0.25, -0.2) is 15.0 Å². The molecule has 0 amide bonds. The maximum absolute atomic E-state index is 11.2. The van der Waals surface area contributed by atoms with Gasteiger partial charge >= 0.3 is 0 Å². The van der Waals surface area contributed by atoms with Crippen molar-refractivity contribution >= 4 is 28.5 Å². The molecule has 0 bridgehead atoms. The van der Waals surface area contributed by atoms with Gasteiger partial charge in [0.1, 0.15) is 18.1 Å².